The molecule has 2 heterocycles. The first-order chi connectivity index (χ1) is 21.7. The van der Waals surface area contributed by atoms with Gasteiger partial charge >= 0.3 is 11.9 Å². The second kappa shape index (κ2) is 16.7. The molecule has 3 aromatic carbocycles. The van der Waals surface area contributed by atoms with Crippen LogP contribution in [0.5, 0.6) is 17.2 Å². The molecule has 4 atom stereocenters. The SMILES string of the molecule is C.O=C(Cl)[C@H]1O[C@H]1C(=O)Cl.O=C(Oc1ccc([N+](=O)[O-])cc1)[C@H]1O[C@H]1C(=O)Oc1ccc([N+](=O)[O-])cc1.O=[N+]([O-])c1ccc(O)cc1. The molecule has 2 fully saturated rings. The zero-order chi connectivity index (χ0) is 34.1. The Morgan fingerprint density at radius 2 is 0.851 bits per heavy atom. The van der Waals surface area contributed by atoms with Gasteiger partial charge in [-0.3, -0.25) is 39.9 Å². The number of rotatable bonds is 9. The number of nitro groups is 3. The molecule has 0 aromatic heterocycles. The maximum Gasteiger partial charge on any atom is 0.344 e. The first-order valence-electron chi connectivity index (χ1n) is 12.2. The van der Waals surface area contributed by atoms with Gasteiger partial charge in [0.1, 0.15) is 17.2 Å². The Hall–Kier alpha value is -5.56. The van der Waals surface area contributed by atoms with Crippen molar-refractivity contribution in [2.75, 3.05) is 0 Å². The third kappa shape index (κ3) is 11.4. The molecule has 248 valence electrons. The van der Waals surface area contributed by atoms with Crippen molar-refractivity contribution >= 4 is 62.7 Å². The topological polar surface area (TPSA) is 261 Å². The highest BCUT2D eigenvalue weighted by Gasteiger charge is 2.53. The minimum atomic E-state index is -1.16. The molecule has 0 unspecified atom stereocenters. The fourth-order valence-corrected chi connectivity index (χ4v) is 3.45. The molecule has 18 nitrogen and oxygen atoms in total. The molecule has 2 aliphatic rings. The summed E-state index contributed by atoms with van der Waals surface area (Å²) in [4.78, 5) is 73.6. The highest BCUT2D eigenvalue weighted by atomic mass is 35.5. The number of ether oxygens (including phenoxy) is 4. The van der Waals surface area contributed by atoms with Crippen LogP contribution in [0.2, 0.25) is 0 Å². The van der Waals surface area contributed by atoms with Gasteiger partial charge in [-0.25, -0.2) is 9.59 Å². The Balaban J connectivity index is 0.000000313. The summed E-state index contributed by atoms with van der Waals surface area (Å²) in [6.45, 7) is 0. The van der Waals surface area contributed by atoms with Crippen molar-refractivity contribution in [3.8, 4) is 17.2 Å². The lowest BCUT2D eigenvalue weighted by Crippen LogP contribution is -2.23. The van der Waals surface area contributed by atoms with Crippen molar-refractivity contribution < 1.29 is 58.0 Å². The van der Waals surface area contributed by atoms with E-state index in [4.69, 9.17) is 42.5 Å². The summed E-state index contributed by atoms with van der Waals surface area (Å²) >= 11 is 9.88. The van der Waals surface area contributed by atoms with Gasteiger partial charge in [0.15, 0.2) is 24.4 Å². The first kappa shape index (κ1) is 37.6. The average molecular weight is 698 g/mol. The lowest BCUT2D eigenvalue weighted by Gasteiger charge is -2.03. The normalized spacial score (nSPS) is 18.2. The number of phenols is 1. The molecule has 0 bridgehead atoms. The fourth-order valence-electron chi connectivity index (χ4n) is 3.12. The second-order valence-electron chi connectivity index (χ2n) is 8.68. The van der Waals surface area contributed by atoms with Crippen LogP contribution in [0.3, 0.4) is 0 Å². The van der Waals surface area contributed by atoms with Crippen LogP contribution in [-0.4, -0.2) is 66.7 Å². The van der Waals surface area contributed by atoms with Crippen LogP contribution < -0.4 is 9.47 Å². The van der Waals surface area contributed by atoms with Gasteiger partial charge < -0.3 is 24.1 Å². The summed E-state index contributed by atoms with van der Waals surface area (Å²) in [5.41, 5.74) is -0.346. The molecule has 0 radical (unpaired) electrons. The predicted octanol–water partition coefficient (Wildman–Crippen LogP) is 4.00. The van der Waals surface area contributed by atoms with Crippen LogP contribution in [0.15, 0.2) is 72.8 Å². The number of nitro benzene ring substituents is 3. The number of carbonyl (C=O) groups excluding carboxylic acids is 4. The standard InChI is InChI=1S/C16H10N2O9.C6H5NO3.C4H2Cl2O3.CH4/c19-15(25-11-5-1-9(2-6-11)17(21)22)13-14(27-13)16(20)26-12-7-3-10(4-8-12)18(23)24;8-6-3-1-5(2-4-6)7(9)10;5-3(7)1-2(9-1)4(6)8;/h1-8,13-14H;1-4,8H;1-2H;1H4/t13-,14+;;1-,2+;. The molecule has 0 aliphatic carbocycles. The monoisotopic (exact) mass is 697 g/mol. The van der Waals surface area contributed by atoms with Crippen molar-refractivity contribution in [3.05, 3.63) is 103 Å². The Kier molecular flexibility index (Phi) is 13.3. The van der Waals surface area contributed by atoms with E-state index < -0.39 is 61.6 Å². The number of esters is 2. The molecule has 47 heavy (non-hydrogen) atoms. The van der Waals surface area contributed by atoms with E-state index in [2.05, 4.69) is 4.74 Å². The van der Waals surface area contributed by atoms with Crippen LogP contribution in [-0.2, 0) is 28.7 Å². The van der Waals surface area contributed by atoms with Gasteiger partial charge in [0.05, 0.1) is 14.8 Å². The largest absolute Gasteiger partial charge is 0.508 e. The third-order valence-corrected chi connectivity index (χ3v) is 5.92. The number of benzene rings is 3. The second-order valence-corrected chi connectivity index (χ2v) is 9.43. The highest BCUT2D eigenvalue weighted by Crippen LogP contribution is 2.28. The summed E-state index contributed by atoms with van der Waals surface area (Å²) < 4.78 is 19.4. The van der Waals surface area contributed by atoms with Gasteiger partial charge in [-0.15, -0.1) is 0 Å². The quantitative estimate of drug-likeness (QED) is 0.0826. The zero-order valence-electron chi connectivity index (χ0n) is 22.5. The Labute approximate surface area is 272 Å². The van der Waals surface area contributed by atoms with Crippen LogP contribution in [0.4, 0.5) is 17.1 Å². The van der Waals surface area contributed by atoms with Gasteiger partial charge in [0.2, 0.25) is 0 Å². The van der Waals surface area contributed by atoms with E-state index in [1.54, 1.807) is 0 Å². The first-order valence-corrected chi connectivity index (χ1v) is 13.0. The molecule has 0 saturated carbocycles. The number of hydrogen-bond donors (Lipinski definition) is 1. The van der Waals surface area contributed by atoms with E-state index in [-0.39, 0.29) is 41.7 Å². The summed E-state index contributed by atoms with van der Waals surface area (Å²) in [6.07, 6.45) is -3.91. The van der Waals surface area contributed by atoms with Crippen molar-refractivity contribution in [1.82, 2.24) is 0 Å². The van der Waals surface area contributed by atoms with E-state index in [9.17, 15) is 49.5 Å². The lowest BCUT2D eigenvalue weighted by atomic mass is 10.3. The maximum absolute atomic E-state index is 11.9. The molecule has 2 aliphatic heterocycles. The average Bonchev–Trinajstić information content (AvgIpc) is 3.92. The number of non-ortho nitro benzene ring substituents is 3. The van der Waals surface area contributed by atoms with E-state index in [0.29, 0.717) is 0 Å². The number of nitrogens with zero attached hydrogens (tertiary/aromatic N) is 3. The molecular weight excluding hydrogens is 677 g/mol. The zero-order valence-corrected chi connectivity index (χ0v) is 24.0. The molecular formula is C27H21Cl2N3O15. The highest BCUT2D eigenvalue weighted by molar-refractivity contribution is 6.68. The lowest BCUT2D eigenvalue weighted by molar-refractivity contribution is -0.385. The van der Waals surface area contributed by atoms with E-state index in [0.717, 1.165) is 24.3 Å². The van der Waals surface area contributed by atoms with Gasteiger partial charge in [0.25, 0.3) is 27.5 Å². The van der Waals surface area contributed by atoms with Gasteiger partial charge in [-0.05, 0) is 59.6 Å². The summed E-state index contributed by atoms with van der Waals surface area (Å²) in [5.74, 6) is -1.55. The minimum absolute atomic E-state index is 0. The van der Waals surface area contributed by atoms with E-state index in [1.165, 1.54) is 48.5 Å². The minimum Gasteiger partial charge on any atom is -0.508 e. The number of halogens is 2. The summed E-state index contributed by atoms with van der Waals surface area (Å²) in [7, 11) is 0. The smallest absolute Gasteiger partial charge is 0.344 e. The molecule has 1 N–H and O–H groups in total. The van der Waals surface area contributed by atoms with Crippen LogP contribution in [0.1, 0.15) is 7.43 Å². The van der Waals surface area contributed by atoms with Crippen molar-refractivity contribution in [2.24, 2.45) is 0 Å². The van der Waals surface area contributed by atoms with Crippen LogP contribution in [0.25, 0.3) is 0 Å². The van der Waals surface area contributed by atoms with E-state index in [1.807, 2.05) is 0 Å². The molecule has 0 amide bonds. The number of phenolic OH excluding ortho intramolecular Hbond substituents is 1. The van der Waals surface area contributed by atoms with Gasteiger partial charge in [-0.2, -0.15) is 0 Å². The Morgan fingerprint density at radius 1 is 0.574 bits per heavy atom. The fraction of sp³-hybridized carbons (Fsp3) is 0.185. The van der Waals surface area contributed by atoms with Crippen LogP contribution >= 0.6 is 23.2 Å². The number of carbonyl (C=O) groups is 4. The maximum atomic E-state index is 11.9. The number of aromatic hydroxyl groups is 1. The number of hydrogen-bond acceptors (Lipinski definition) is 15. The summed E-state index contributed by atoms with van der Waals surface area (Å²) in [6, 6.07) is 14.7. The molecule has 0 spiro atoms. The van der Waals surface area contributed by atoms with Gasteiger partial charge in [0, 0.05) is 36.4 Å². The third-order valence-electron chi connectivity index (χ3n) is 5.49. The summed E-state index contributed by atoms with van der Waals surface area (Å²) in [5, 5.41) is 38.5. The van der Waals surface area contributed by atoms with Crippen molar-refractivity contribution in [3.63, 3.8) is 0 Å². The molecule has 2 saturated heterocycles. The van der Waals surface area contributed by atoms with E-state index >= 15 is 0 Å². The Morgan fingerprint density at radius 3 is 1.11 bits per heavy atom. The number of epoxide rings is 2. The van der Waals surface area contributed by atoms with Crippen LogP contribution in [0, 0.1) is 30.3 Å². The van der Waals surface area contributed by atoms with Crippen molar-refractivity contribution in [2.45, 2.75) is 31.8 Å². The van der Waals surface area contributed by atoms with Gasteiger partial charge in [-0.1, -0.05) is 7.43 Å². The van der Waals surface area contributed by atoms with Crippen molar-refractivity contribution in [1.29, 1.82) is 0 Å². The molecule has 3 aromatic rings. The molecule has 5 rings (SSSR count). The molecule has 20 heteroatoms. The Bertz CT molecular complexity index is 1560. The predicted molar refractivity (Wildman–Crippen MR) is 158 cm³/mol.